The monoisotopic (exact) mass is 459 g/mol. The van der Waals surface area contributed by atoms with Crippen molar-refractivity contribution in [2.24, 2.45) is 5.92 Å². The number of unbranched alkanes of at least 4 members (excludes halogenated alkanes) is 5. The van der Waals surface area contributed by atoms with Crippen LogP contribution in [0.15, 0.2) is 11.6 Å². The molecule has 0 radical (unpaired) electrons. The number of hydrogen-bond donors (Lipinski definition) is 0. The summed E-state index contributed by atoms with van der Waals surface area (Å²) in [4.78, 5) is 15.0. The summed E-state index contributed by atoms with van der Waals surface area (Å²) in [5.41, 5.74) is 0.520. The van der Waals surface area contributed by atoms with E-state index < -0.39 is 7.37 Å². The molecule has 1 unspecified atom stereocenters. The van der Waals surface area contributed by atoms with Gasteiger partial charge < -0.3 is 14.2 Å². The van der Waals surface area contributed by atoms with Gasteiger partial charge >= 0.3 is 5.97 Å². The maximum Gasteiger partial charge on any atom is 0.334 e. The highest BCUT2D eigenvalue weighted by Crippen LogP contribution is 2.50. The highest BCUT2D eigenvalue weighted by molar-refractivity contribution is 7.59. The van der Waals surface area contributed by atoms with Crippen LogP contribution in [0.5, 0.6) is 0 Å². The molecule has 0 spiro atoms. The Bertz CT molecular complexity index is 526. The molecule has 5 nitrogen and oxygen atoms in total. The fourth-order valence-corrected chi connectivity index (χ4v) is 6.37. The normalized spacial score (nSPS) is 14.3. The van der Waals surface area contributed by atoms with Gasteiger partial charge in [-0.15, -0.1) is 0 Å². The SMILES string of the molecule is CCCCN(CCCC)CCCCCC=C(CP(=O)(CC(C)C)OCC)C(=O)OCC. The quantitative estimate of drug-likeness (QED) is 0.0857. The lowest BCUT2D eigenvalue weighted by atomic mass is 10.1. The zero-order chi connectivity index (χ0) is 23.5. The van der Waals surface area contributed by atoms with Crippen LogP contribution in [0.1, 0.15) is 92.9 Å². The van der Waals surface area contributed by atoms with Gasteiger partial charge in [0, 0.05) is 11.7 Å². The van der Waals surface area contributed by atoms with Gasteiger partial charge in [-0.3, -0.25) is 4.57 Å². The van der Waals surface area contributed by atoms with Crippen molar-refractivity contribution in [2.45, 2.75) is 92.9 Å². The van der Waals surface area contributed by atoms with Gasteiger partial charge in [-0.05, 0) is 71.5 Å². The molecule has 0 aromatic rings. The van der Waals surface area contributed by atoms with Crippen molar-refractivity contribution in [1.29, 1.82) is 0 Å². The summed E-state index contributed by atoms with van der Waals surface area (Å²) < 4.78 is 24.1. The summed E-state index contributed by atoms with van der Waals surface area (Å²) in [6.45, 7) is 16.5. The fraction of sp³-hybridized carbons (Fsp3) is 0.880. The highest BCUT2D eigenvalue weighted by Gasteiger charge is 2.28. The molecule has 1 atom stereocenters. The van der Waals surface area contributed by atoms with Crippen LogP contribution in [-0.2, 0) is 18.6 Å². The number of ether oxygens (including phenoxy) is 1. The van der Waals surface area contributed by atoms with Crippen molar-refractivity contribution in [2.75, 3.05) is 45.2 Å². The smallest absolute Gasteiger partial charge is 0.334 e. The van der Waals surface area contributed by atoms with Crippen LogP contribution in [0.3, 0.4) is 0 Å². The molecule has 6 heteroatoms. The van der Waals surface area contributed by atoms with Crippen LogP contribution in [0.4, 0.5) is 0 Å². The van der Waals surface area contributed by atoms with E-state index >= 15 is 0 Å². The average molecular weight is 460 g/mol. The summed E-state index contributed by atoms with van der Waals surface area (Å²) in [6, 6.07) is 0. The first-order valence-electron chi connectivity index (χ1n) is 12.6. The largest absolute Gasteiger partial charge is 0.463 e. The minimum atomic E-state index is -2.88. The van der Waals surface area contributed by atoms with Crippen LogP contribution >= 0.6 is 7.37 Å². The fourth-order valence-electron chi connectivity index (χ4n) is 3.68. The second kappa shape index (κ2) is 18.9. The molecule has 0 aromatic heterocycles. The first-order valence-corrected chi connectivity index (χ1v) is 14.6. The first kappa shape index (κ1) is 30.4. The van der Waals surface area contributed by atoms with Gasteiger partial charge in [0.25, 0.3) is 0 Å². The van der Waals surface area contributed by atoms with Gasteiger partial charge in [0.2, 0.25) is 7.37 Å². The van der Waals surface area contributed by atoms with Crippen LogP contribution in [0.2, 0.25) is 0 Å². The van der Waals surface area contributed by atoms with Gasteiger partial charge in [0.05, 0.1) is 19.4 Å². The Morgan fingerprint density at radius 3 is 2.03 bits per heavy atom. The van der Waals surface area contributed by atoms with E-state index in [1.54, 1.807) is 6.92 Å². The molecule has 0 rings (SSSR count). The van der Waals surface area contributed by atoms with Crippen molar-refractivity contribution >= 4 is 13.3 Å². The second-order valence-electron chi connectivity index (χ2n) is 8.81. The molecule has 0 heterocycles. The number of carbonyl (C=O) groups excluding carboxylic acids is 1. The Kier molecular flexibility index (Phi) is 18.5. The second-order valence-corrected chi connectivity index (χ2v) is 11.4. The topological polar surface area (TPSA) is 55.8 Å². The van der Waals surface area contributed by atoms with Gasteiger partial charge in [-0.2, -0.15) is 0 Å². The predicted molar refractivity (Wildman–Crippen MR) is 133 cm³/mol. The van der Waals surface area contributed by atoms with Crippen LogP contribution in [0, 0.1) is 5.92 Å². The molecule has 0 bridgehead atoms. The molecule has 0 N–H and O–H groups in total. The molecule has 0 aliphatic carbocycles. The number of rotatable bonds is 20. The minimum absolute atomic E-state index is 0.180. The van der Waals surface area contributed by atoms with Gasteiger partial charge in [-0.1, -0.05) is 53.0 Å². The Morgan fingerprint density at radius 1 is 0.903 bits per heavy atom. The van der Waals surface area contributed by atoms with Crippen LogP contribution < -0.4 is 0 Å². The Balaban J connectivity index is 4.76. The summed E-state index contributed by atoms with van der Waals surface area (Å²) in [6.07, 6.45) is 11.8. The zero-order valence-corrected chi connectivity index (χ0v) is 22.2. The lowest BCUT2D eigenvalue weighted by Crippen LogP contribution is -2.27. The van der Waals surface area contributed by atoms with Crippen molar-refractivity contribution in [3.05, 3.63) is 11.6 Å². The Morgan fingerprint density at radius 2 is 1.52 bits per heavy atom. The summed E-state index contributed by atoms with van der Waals surface area (Å²) in [7, 11) is -2.88. The van der Waals surface area contributed by atoms with E-state index in [1.165, 1.54) is 45.2 Å². The lowest BCUT2D eigenvalue weighted by Gasteiger charge is -2.22. The molecular weight excluding hydrogens is 409 g/mol. The van der Waals surface area contributed by atoms with Gasteiger partial charge in [0.15, 0.2) is 0 Å². The first-order chi connectivity index (χ1) is 14.8. The third-order valence-electron chi connectivity index (χ3n) is 5.18. The van der Waals surface area contributed by atoms with Crippen LogP contribution in [-0.4, -0.2) is 56.0 Å². The minimum Gasteiger partial charge on any atom is -0.463 e. The zero-order valence-electron chi connectivity index (χ0n) is 21.3. The Hall–Kier alpha value is -0.640. The molecule has 31 heavy (non-hydrogen) atoms. The molecule has 0 aliphatic heterocycles. The number of allylic oxidation sites excluding steroid dienone is 1. The third-order valence-corrected chi connectivity index (χ3v) is 8.02. The molecule has 0 saturated heterocycles. The molecular formula is C25H50NO4P. The molecule has 0 saturated carbocycles. The number of nitrogens with zero attached hydrogens (tertiary/aromatic N) is 1. The van der Waals surface area contributed by atoms with E-state index in [0.717, 1.165) is 25.8 Å². The van der Waals surface area contributed by atoms with Crippen LogP contribution in [0.25, 0.3) is 0 Å². The highest BCUT2D eigenvalue weighted by atomic mass is 31.2. The summed E-state index contributed by atoms with van der Waals surface area (Å²) in [5, 5.41) is 0. The number of esters is 1. The maximum absolute atomic E-state index is 13.2. The maximum atomic E-state index is 13.2. The van der Waals surface area contributed by atoms with E-state index in [4.69, 9.17) is 9.26 Å². The number of carbonyl (C=O) groups is 1. The van der Waals surface area contributed by atoms with E-state index in [9.17, 15) is 9.36 Å². The lowest BCUT2D eigenvalue weighted by molar-refractivity contribution is -0.138. The molecule has 0 amide bonds. The average Bonchev–Trinajstić information content (AvgIpc) is 2.70. The van der Waals surface area contributed by atoms with E-state index in [2.05, 4.69) is 18.7 Å². The van der Waals surface area contributed by atoms with Crippen molar-refractivity contribution in [3.8, 4) is 0 Å². The van der Waals surface area contributed by atoms with Crippen molar-refractivity contribution < 1.29 is 18.6 Å². The van der Waals surface area contributed by atoms with Crippen molar-refractivity contribution in [1.82, 2.24) is 4.90 Å². The van der Waals surface area contributed by atoms with E-state index in [1.807, 2.05) is 26.8 Å². The van der Waals surface area contributed by atoms with Crippen molar-refractivity contribution in [3.63, 3.8) is 0 Å². The third kappa shape index (κ3) is 15.7. The van der Waals surface area contributed by atoms with E-state index in [0.29, 0.717) is 24.9 Å². The molecule has 184 valence electrons. The summed E-state index contributed by atoms with van der Waals surface area (Å²) >= 11 is 0. The molecule has 0 aliphatic rings. The van der Waals surface area contributed by atoms with E-state index in [-0.39, 0.29) is 18.0 Å². The number of hydrogen-bond acceptors (Lipinski definition) is 5. The summed E-state index contributed by atoms with van der Waals surface area (Å²) in [5.74, 6) is -0.0966. The predicted octanol–water partition coefficient (Wildman–Crippen LogP) is 6.91. The van der Waals surface area contributed by atoms with Gasteiger partial charge in [0.1, 0.15) is 0 Å². The Labute approximate surface area is 192 Å². The van der Waals surface area contributed by atoms with Gasteiger partial charge in [-0.25, -0.2) is 4.79 Å². The molecule has 0 fully saturated rings. The molecule has 0 aromatic carbocycles. The standard InChI is InChI=1S/C25H50NO4P/c1-7-11-18-26(19-12-8-2)20-16-14-13-15-17-24(25(27)29-9-3)22-31(28,30-10-4)21-23(5)6/h17,23H,7-16,18-22H2,1-6H3.